The van der Waals surface area contributed by atoms with Crippen LogP contribution in [0.2, 0.25) is 0 Å². The number of urea groups is 2. The van der Waals surface area contributed by atoms with Gasteiger partial charge in [-0.05, 0) is 49.2 Å². The molecule has 1 aromatic carbocycles. The van der Waals surface area contributed by atoms with Crippen molar-refractivity contribution in [1.29, 1.82) is 0 Å². The van der Waals surface area contributed by atoms with Crippen molar-refractivity contribution in [2.24, 2.45) is 5.41 Å². The topological polar surface area (TPSA) is 131 Å². The van der Waals surface area contributed by atoms with Gasteiger partial charge in [0.15, 0.2) is 5.41 Å². The smallest absolute Gasteiger partial charge is 0.332 e. The Morgan fingerprint density at radius 2 is 1.68 bits per heavy atom. The molecule has 0 radical (unpaired) electrons. The van der Waals surface area contributed by atoms with Gasteiger partial charge in [0.1, 0.15) is 5.57 Å². The molecule has 12 nitrogen and oxygen atoms in total. The van der Waals surface area contributed by atoms with Crippen LogP contribution < -0.4 is 10.2 Å². The number of nitrogens with one attached hydrogen (secondary N) is 1. The Kier molecular flexibility index (Phi) is 7.79. The summed E-state index contributed by atoms with van der Waals surface area (Å²) in [6.07, 6.45) is 2.88. The number of halogens is 1. The number of rotatable bonds is 4. The molecule has 3 fully saturated rings. The minimum atomic E-state index is -1.51. The van der Waals surface area contributed by atoms with Crippen molar-refractivity contribution in [2.45, 2.75) is 32.2 Å². The number of hydrogen-bond acceptors (Lipinski definition) is 8. The molecule has 3 saturated heterocycles. The van der Waals surface area contributed by atoms with Crippen molar-refractivity contribution in [3.05, 3.63) is 34.9 Å². The van der Waals surface area contributed by atoms with Gasteiger partial charge in [-0.1, -0.05) is 19.4 Å². The first-order chi connectivity index (χ1) is 18.5. The van der Waals surface area contributed by atoms with Gasteiger partial charge in [0, 0.05) is 46.0 Å². The number of unbranched alkanes of at least 4 members (excludes halogenated alkanes) is 1. The molecule has 5 rings (SSSR count). The standard InChI is InChI=1S/C27H32N6O6.ClH/c1-5-6-9-33-22(35)18(21(34)28-25(33)38)13-16-7-8-19-17(12-16)14-27(20-15-29(2)10-11-32(19)20)23(36)30(3)26(39)31(4)24(27)37;/h7-8,12-13,20H,5-6,9-11,14-15H2,1-4H3,(H,28,34,38);1H/b18-13+;. The van der Waals surface area contributed by atoms with Gasteiger partial charge in [-0.25, -0.2) is 9.59 Å². The average Bonchev–Trinajstić information content (AvgIpc) is 2.91. The van der Waals surface area contributed by atoms with E-state index >= 15 is 0 Å². The fourth-order valence-corrected chi connectivity index (χ4v) is 6.07. The minimum Gasteiger partial charge on any atom is -0.364 e. The van der Waals surface area contributed by atoms with Gasteiger partial charge in [0.05, 0.1) is 6.04 Å². The highest BCUT2D eigenvalue weighted by Gasteiger charge is 2.63. The molecule has 4 aliphatic rings. The molecular weight excluding hydrogens is 540 g/mol. The molecular formula is C27H33ClN6O6. The number of anilines is 1. The second-order valence-corrected chi connectivity index (χ2v) is 10.6. The van der Waals surface area contributed by atoms with E-state index in [0.29, 0.717) is 30.6 Å². The van der Waals surface area contributed by atoms with Crippen molar-refractivity contribution in [1.82, 2.24) is 24.9 Å². The van der Waals surface area contributed by atoms with Crippen LogP contribution in [0.1, 0.15) is 30.9 Å². The van der Waals surface area contributed by atoms with Crippen LogP contribution in [0.5, 0.6) is 0 Å². The van der Waals surface area contributed by atoms with E-state index in [1.807, 2.05) is 20.0 Å². The van der Waals surface area contributed by atoms with Crippen LogP contribution in [0.15, 0.2) is 23.8 Å². The first kappa shape index (κ1) is 29.2. The van der Waals surface area contributed by atoms with Crippen LogP contribution >= 0.6 is 12.4 Å². The number of likely N-dealkylation sites (N-methyl/N-ethyl adjacent to an activating group) is 1. The lowest BCUT2D eigenvalue weighted by molar-refractivity contribution is -0.160. The predicted molar refractivity (Wildman–Crippen MR) is 148 cm³/mol. The summed E-state index contributed by atoms with van der Waals surface area (Å²) in [6, 6.07) is 3.53. The second kappa shape index (κ2) is 10.7. The van der Waals surface area contributed by atoms with Crippen LogP contribution in [0.25, 0.3) is 6.08 Å². The van der Waals surface area contributed by atoms with Gasteiger partial charge in [0.25, 0.3) is 11.8 Å². The maximum Gasteiger partial charge on any atom is 0.332 e. The van der Waals surface area contributed by atoms with E-state index in [0.717, 1.165) is 33.4 Å². The number of benzene rings is 1. The number of carbonyl (C=O) groups is 6. The van der Waals surface area contributed by atoms with E-state index in [9.17, 15) is 28.8 Å². The summed E-state index contributed by atoms with van der Waals surface area (Å²) in [7, 11) is 4.72. The third kappa shape index (κ3) is 4.35. The SMILES string of the molecule is CCCCN1C(=O)NC(=O)/C(=C\c2ccc3c(c2)CC2(C(=O)N(C)C(=O)N(C)C2=O)C2CN(C)CCN32)C1=O.Cl. The molecule has 0 saturated carbocycles. The first-order valence-electron chi connectivity index (χ1n) is 13.1. The zero-order valence-electron chi connectivity index (χ0n) is 22.9. The number of barbiturate groups is 2. The first-order valence-corrected chi connectivity index (χ1v) is 13.1. The lowest BCUT2D eigenvalue weighted by Gasteiger charge is -2.55. The second-order valence-electron chi connectivity index (χ2n) is 10.6. The Hall–Kier alpha value is -3.77. The zero-order chi connectivity index (χ0) is 28.2. The number of hydrogen-bond donors (Lipinski definition) is 1. The van der Waals surface area contributed by atoms with Gasteiger partial charge in [-0.3, -0.25) is 39.2 Å². The van der Waals surface area contributed by atoms with Crippen molar-refractivity contribution in [2.75, 3.05) is 52.2 Å². The number of amides is 8. The molecule has 0 aromatic heterocycles. The third-order valence-electron chi connectivity index (χ3n) is 8.21. The molecule has 1 unspecified atom stereocenters. The highest BCUT2D eigenvalue weighted by Crippen LogP contribution is 2.47. The summed E-state index contributed by atoms with van der Waals surface area (Å²) in [4.78, 5) is 85.1. The number of fused-ring (bicyclic) bond motifs is 4. The zero-order valence-corrected chi connectivity index (χ0v) is 23.7. The van der Waals surface area contributed by atoms with Gasteiger partial charge in [0.2, 0.25) is 11.8 Å². The lowest BCUT2D eigenvalue weighted by Crippen LogP contribution is -2.74. The van der Waals surface area contributed by atoms with E-state index in [1.165, 1.54) is 20.2 Å². The Labute approximate surface area is 238 Å². The summed E-state index contributed by atoms with van der Waals surface area (Å²) in [5, 5.41) is 2.23. The number of carbonyl (C=O) groups excluding carboxylic acids is 6. The fourth-order valence-electron chi connectivity index (χ4n) is 6.07. The summed E-state index contributed by atoms with van der Waals surface area (Å²) < 4.78 is 0. The summed E-state index contributed by atoms with van der Waals surface area (Å²) in [5.41, 5.74) is 0.414. The summed E-state index contributed by atoms with van der Waals surface area (Å²) in [6.45, 7) is 3.91. The quantitative estimate of drug-likeness (QED) is 0.322. The molecule has 8 amide bonds. The third-order valence-corrected chi connectivity index (χ3v) is 8.21. The molecule has 1 aromatic rings. The number of nitrogens with zero attached hydrogens (tertiary/aromatic N) is 5. The van der Waals surface area contributed by atoms with Crippen LogP contribution in [-0.4, -0.2) is 109 Å². The van der Waals surface area contributed by atoms with Gasteiger partial charge < -0.3 is 9.80 Å². The highest BCUT2D eigenvalue weighted by atomic mass is 35.5. The van der Waals surface area contributed by atoms with Crippen LogP contribution in [0.3, 0.4) is 0 Å². The van der Waals surface area contributed by atoms with Crippen molar-refractivity contribution in [3.63, 3.8) is 0 Å². The van der Waals surface area contributed by atoms with E-state index in [4.69, 9.17) is 0 Å². The van der Waals surface area contributed by atoms with E-state index in [-0.39, 0.29) is 30.9 Å². The molecule has 214 valence electrons. The van der Waals surface area contributed by atoms with Crippen LogP contribution in [-0.2, 0) is 25.6 Å². The molecule has 1 atom stereocenters. The van der Waals surface area contributed by atoms with Gasteiger partial charge >= 0.3 is 12.1 Å². The minimum absolute atomic E-state index is 0. The molecule has 4 heterocycles. The van der Waals surface area contributed by atoms with Crippen molar-refractivity contribution >= 4 is 59.9 Å². The molecule has 1 spiro atoms. The molecule has 0 bridgehead atoms. The van der Waals surface area contributed by atoms with Gasteiger partial charge in [-0.15, -0.1) is 12.4 Å². The predicted octanol–water partition coefficient (Wildman–Crippen LogP) is 1.08. The molecule has 4 aliphatic heterocycles. The van der Waals surface area contributed by atoms with Crippen LogP contribution in [0, 0.1) is 5.41 Å². The molecule has 13 heteroatoms. The summed E-state index contributed by atoms with van der Waals surface area (Å²) >= 11 is 0. The monoisotopic (exact) mass is 572 g/mol. The van der Waals surface area contributed by atoms with Crippen molar-refractivity contribution < 1.29 is 28.8 Å². The highest BCUT2D eigenvalue weighted by molar-refractivity contribution is 6.31. The van der Waals surface area contributed by atoms with E-state index in [2.05, 4.69) is 15.1 Å². The number of imide groups is 4. The Morgan fingerprint density at radius 3 is 2.33 bits per heavy atom. The largest absolute Gasteiger partial charge is 0.364 e. The Morgan fingerprint density at radius 1 is 1.00 bits per heavy atom. The maximum absolute atomic E-state index is 13.7. The Balaban J connectivity index is 0.00000370. The fraction of sp³-hybridized carbons (Fsp3) is 0.481. The average molecular weight is 573 g/mol. The molecule has 1 N–H and O–H groups in total. The van der Waals surface area contributed by atoms with Crippen LogP contribution in [0.4, 0.5) is 15.3 Å². The molecule has 40 heavy (non-hydrogen) atoms. The summed E-state index contributed by atoms with van der Waals surface area (Å²) in [5.74, 6) is -2.51. The lowest BCUT2D eigenvalue weighted by atomic mass is 9.67. The maximum atomic E-state index is 13.7. The molecule has 0 aliphatic carbocycles. The number of piperazine rings is 1. The van der Waals surface area contributed by atoms with Gasteiger partial charge in [-0.2, -0.15) is 0 Å². The Bertz CT molecular complexity index is 1320. The normalized spacial score (nSPS) is 23.9. The van der Waals surface area contributed by atoms with E-state index < -0.39 is 47.1 Å². The van der Waals surface area contributed by atoms with Crippen molar-refractivity contribution in [3.8, 4) is 0 Å². The van der Waals surface area contributed by atoms with E-state index in [1.54, 1.807) is 12.1 Å².